The minimum absolute atomic E-state index is 0.121. The van der Waals surface area contributed by atoms with Crippen LogP contribution in [0.15, 0.2) is 41.0 Å². The van der Waals surface area contributed by atoms with Crippen molar-refractivity contribution in [2.24, 2.45) is 0 Å². The van der Waals surface area contributed by atoms with E-state index in [4.69, 9.17) is 9.15 Å². The van der Waals surface area contributed by atoms with E-state index < -0.39 is 0 Å². The molecule has 7 heteroatoms. The molecule has 0 spiro atoms. The second kappa shape index (κ2) is 9.03. The Hall–Kier alpha value is -2.96. The van der Waals surface area contributed by atoms with Gasteiger partial charge in [0.25, 0.3) is 5.91 Å². The van der Waals surface area contributed by atoms with Gasteiger partial charge in [0.1, 0.15) is 12.4 Å². The third-order valence-corrected chi connectivity index (χ3v) is 5.55. The van der Waals surface area contributed by atoms with Crippen LogP contribution in [0.5, 0.6) is 5.75 Å². The summed E-state index contributed by atoms with van der Waals surface area (Å²) >= 11 is 0. The number of ether oxygens (including phenoxy) is 1. The number of carbonyl (C=O) groups excluding carboxylic acids is 2. The molecule has 1 fully saturated rings. The first-order valence-corrected chi connectivity index (χ1v) is 10.3. The molecule has 1 aromatic carbocycles. The molecule has 154 valence electrons. The first-order valence-electron chi connectivity index (χ1n) is 10.3. The highest BCUT2D eigenvalue weighted by Crippen LogP contribution is 2.25. The number of urea groups is 1. The first kappa shape index (κ1) is 19.4. The van der Waals surface area contributed by atoms with Gasteiger partial charge < -0.3 is 24.3 Å². The van der Waals surface area contributed by atoms with Crippen molar-refractivity contribution < 1.29 is 18.7 Å². The van der Waals surface area contributed by atoms with E-state index in [9.17, 15) is 9.59 Å². The van der Waals surface area contributed by atoms with Gasteiger partial charge in [0, 0.05) is 26.2 Å². The Morgan fingerprint density at radius 2 is 1.76 bits per heavy atom. The molecule has 7 nitrogen and oxygen atoms in total. The van der Waals surface area contributed by atoms with Gasteiger partial charge in [-0.2, -0.15) is 0 Å². The first-order chi connectivity index (χ1) is 14.2. The number of hydrogen-bond donors (Lipinski definition) is 1. The maximum atomic E-state index is 12.3. The molecule has 2 aromatic rings. The van der Waals surface area contributed by atoms with E-state index in [1.165, 1.54) is 30.2 Å². The topological polar surface area (TPSA) is 75.0 Å². The number of piperazine rings is 1. The van der Waals surface area contributed by atoms with Crippen LogP contribution in [0.3, 0.4) is 0 Å². The Morgan fingerprint density at radius 3 is 2.52 bits per heavy atom. The maximum absolute atomic E-state index is 12.3. The van der Waals surface area contributed by atoms with Crippen LogP contribution in [0, 0.1) is 0 Å². The third-order valence-electron chi connectivity index (χ3n) is 5.55. The zero-order valence-corrected chi connectivity index (χ0v) is 16.6. The Labute approximate surface area is 170 Å². The van der Waals surface area contributed by atoms with Gasteiger partial charge in [-0.05, 0) is 61.1 Å². The molecule has 0 radical (unpaired) electrons. The van der Waals surface area contributed by atoms with Crippen molar-refractivity contribution in [2.45, 2.75) is 25.7 Å². The number of rotatable bonds is 5. The predicted molar refractivity (Wildman–Crippen MR) is 108 cm³/mol. The number of nitrogens with zero attached hydrogens (tertiary/aromatic N) is 2. The van der Waals surface area contributed by atoms with E-state index >= 15 is 0 Å². The van der Waals surface area contributed by atoms with Crippen molar-refractivity contribution in [1.29, 1.82) is 0 Å². The molecule has 0 unspecified atom stereocenters. The fourth-order valence-corrected chi connectivity index (χ4v) is 3.91. The Balaban J connectivity index is 1.17. The molecule has 1 saturated heterocycles. The number of carbonyl (C=O) groups is 2. The molecule has 0 saturated carbocycles. The normalized spacial score (nSPS) is 16.3. The second-order valence-electron chi connectivity index (χ2n) is 7.47. The van der Waals surface area contributed by atoms with E-state index in [1.807, 2.05) is 6.07 Å². The van der Waals surface area contributed by atoms with Gasteiger partial charge in [0.15, 0.2) is 5.76 Å². The monoisotopic (exact) mass is 397 g/mol. The predicted octanol–water partition coefficient (Wildman–Crippen LogP) is 2.70. The molecule has 3 amide bonds. The summed E-state index contributed by atoms with van der Waals surface area (Å²) in [4.78, 5) is 28.0. The van der Waals surface area contributed by atoms with Gasteiger partial charge in [-0.25, -0.2) is 4.79 Å². The van der Waals surface area contributed by atoms with Gasteiger partial charge >= 0.3 is 6.03 Å². The molecule has 1 aliphatic carbocycles. The van der Waals surface area contributed by atoms with E-state index in [-0.39, 0.29) is 11.9 Å². The minimum Gasteiger partial charge on any atom is -0.492 e. The van der Waals surface area contributed by atoms with Crippen LogP contribution in [0.1, 0.15) is 34.5 Å². The van der Waals surface area contributed by atoms with Crippen molar-refractivity contribution >= 4 is 11.9 Å². The molecule has 1 aliphatic heterocycles. The lowest BCUT2D eigenvalue weighted by Gasteiger charge is -2.34. The largest absolute Gasteiger partial charge is 0.492 e. The Kier molecular flexibility index (Phi) is 6.03. The van der Waals surface area contributed by atoms with E-state index in [1.54, 1.807) is 21.9 Å². The molecule has 0 atom stereocenters. The zero-order valence-electron chi connectivity index (χ0n) is 16.6. The van der Waals surface area contributed by atoms with Crippen LogP contribution >= 0.6 is 0 Å². The molecule has 2 heterocycles. The number of fused-ring (bicyclic) bond motifs is 1. The standard InChI is InChI=1S/C22H27N3O4/c26-21(20-6-3-14-29-20)24-10-12-25(13-11-24)22(27)23-9-15-28-19-8-7-17-4-1-2-5-18(17)16-19/h3,6-8,14,16H,1-2,4-5,9-13,15H2,(H,23,27). The van der Waals surface area contributed by atoms with Gasteiger partial charge in [-0.3, -0.25) is 4.79 Å². The summed E-state index contributed by atoms with van der Waals surface area (Å²) in [6.07, 6.45) is 6.28. The molecule has 29 heavy (non-hydrogen) atoms. The van der Waals surface area contributed by atoms with Crippen LogP contribution in [0.4, 0.5) is 4.79 Å². The summed E-state index contributed by atoms with van der Waals surface area (Å²) in [6.45, 7) is 2.88. The summed E-state index contributed by atoms with van der Waals surface area (Å²) in [6, 6.07) is 9.54. The maximum Gasteiger partial charge on any atom is 0.317 e. The van der Waals surface area contributed by atoms with Gasteiger partial charge in [0.2, 0.25) is 0 Å². The molecule has 1 N–H and O–H groups in total. The van der Waals surface area contributed by atoms with Crippen LogP contribution < -0.4 is 10.1 Å². The Bertz CT molecular complexity index is 842. The van der Waals surface area contributed by atoms with Crippen LogP contribution in [0.2, 0.25) is 0 Å². The minimum atomic E-state index is -0.131. The molecule has 2 aliphatic rings. The molecular formula is C22H27N3O4. The molecular weight excluding hydrogens is 370 g/mol. The fraction of sp³-hybridized carbons (Fsp3) is 0.455. The number of nitrogens with one attached hydrogen (secondary N) is 1. The SMILES string of the molecule is O=C(NCCOc1ccc2c(c1)CCCC2)N1CCN(C(=O)c2ccco2)CC1. The number of amides is 3. The summed E-state index contributed by atoms with van der Waals surface area (Å²) in [5.74, 6) is 1.07. The summed E-state index contributed by atoms with van der Waals surface area (Å²) < 4.78 is 11.0. The quantitative estimate of drug-likeness (QED) is 0.788. The Morgan fingerprint density at radius 1 is 1.00 bits per heavy atom. The highest BCUT2D eigenvalue weighted by molar-refractivity contribution is 5.91. The average molecular weight is 397 g/mol. The summed E-state index contributed by atoms with van der Waals surface area (Å²) in [5, 5.41) is 2.90. The van der Waals surface area contributed by atoms with Gasteiger partial charge in [0.05, 0.1) is 12.8 Å². The third kappa shape index (κ3) is 4.72. The smallest absolute Gasteiger partial charge is 0.317 e. The van der Waals surface area contributed by atoms with Gasteiger partial charge in [-0.15, -0.1) is 0 Å². The summed E-state index contributed by atoms with van der Waals surface area (Å²) in [5.41, 5.74) is 2.82. The van der Waals surface area contributed by atoms with Crippen molar-refractivity contribution in [3.05, 3.63) is 53.5 Å². The lowest BCUT2D eigenvalue weighted by molar-refractivity contribution is 0.0634. The highest BCUT2D eigenvalue weighted by atomic mass is 16.5. The number of hydrogen-bond acceptors (Lipinski definition) is 4. The second-order valence-corrected chi connectivity index (χ2v) is 7.47. The highest BCUT2D eigenvalue weighted by Gasteiger charge is 2.25. The van der Waals surface area contributed by atoms with Crippen molar-refractivity contribution in [2.75, 3.05) is 39.3 Å². The fourth-order valence-electron chi connectivity index (χ4n) is 3.91. The van der Waals surface area contributed by atoms with Crippen LogP contribution in [0.25, 0.3) is 0 Å². The van der Waals surface area contributed by atoms with Crippen LogP contribution in [-0.4, -0.2) is 61.1 Å². The van der Waals surface area contributed by atoms with Crippen molar-refractivity contribution in [3.8, 4) is 5.75 Å². The lowest BCUT2D eigenvalue weighted by atomic mass is 9.92. The van der Waals surface area contributed by atoms with E-state index in [0.717, 1.165) is 18.6 Å². The number of benzene rings is 1. The van der Waals surface area contributed by atoms with Crippen molar-refractivity contribution in [3.63, 3.8) is 0 Å². The molecule has 0 bridgehead atoms. The zero-order chi connectivity index (χ0) is 20.1. The summed E-state index contributed by atoms with van der Waals surface area (Å²) in [7, 11) is 0. The van der Waals surface area contributed by atoms with Crippen LogP contribution in [-0.2, 0) is 12.8 Å². The van der Waals surface area contributed by atoms with E-state index in [2.05, 4.69) is 17.4 Å². The van der Waals surface area contributed by atoms with E-state index in [0.29, 0.717) is 45.1 Å². The average Bonchev–Trinajstić information content (AvgIpc) is 3.31. The number of furan rings is 1. The lowest BCUT2D eigenvalue weighted by Crippen LogP contribution is -2.53. The molecule has 1 aromatic heterocycles. The van der Waals surface area contributed by atoms with Crippen molar-refractivity contribution in [1.82, 2.24) is 15.1 Å². The number of aryl methyl sites for hydroxylation is 2. The molecule has 4 rings (SSSR count). The van der Waals surface area contributed by atoms with Gasteiger partial charge in [-0.1, -0.05) is 6.07 Å².